The molecule has 146 valence electrons. The molecule has 0 saturated heterocycles. The minimum atomic E-state index is -0.411. The Balaban J connectivity index is 1.52. The Morgan fingerprint density at radius 2 is 1.97 bits per heavy atom. The third-order valence-corrected chi connectivity index (χ3v) is 5.19. The number of para-hydroxylation sites is 2. The van der Waals surface area contributed by atoms with Crippen molar-refractivity contribution < 1.29 is 13.9 Å². The summed E-state index contributed by atoms with van der Waals surface area (Å²) in [5.74, 6) is -0.355. The van der Waals surface area contributed by atoms with Crippen molar-refractivity contribution in [1.82, 2.24) is 9.38 Å². The van der Waals surface area contributed by atoms with Crippen LogP contribution < -0.4 is 15.6 Å². The van der Waals surface area contributed by atoms with Crippen LogP contribution in [-0.2, 0) is 6.61 Å². The zero-order valence-corrected chi connectivity index (χ0v) is 16.2. The number of nitrogens with one attached hydrogen (secondary N) is 1. The van der Waals surface area contributed by atoms with Crippen molar-refractivity contribution in [3.05, 3.63) is 93.1 Å². The molecule has 0 spiro atoms. The molecule has 0 atom stereocenters. The molecule has 0 radical (unpaired) electrons. The maximum atomic E-state index is 13.0. The molecule has 4 rings (SSSR count). The van der Waals surface area contributed by atoms with Gasteiger partial charge in [0.1, 0.15) is 18.2 Å². The van der Waals surface area contributed by atoms with Crippen LogP contribution in [0.2, 0.25) is 0 Å². The third-order valence-electron chi connectivity index (χ3n) is 4.25. The SMILES string of the molecule is Cc1csc2nc(COc3ccccc3NC(=O)c3ccc(F)cc3)cc(=O)n12. The van der Waals surface area contributed by atoms with E-state index >= 15 is 0 Å². The summed E-state index contributed by atoms with van der Waals surface area (Å²) in [6.45, 7) is 1.93. The number of anilines is 1. The third kappa shape index (κ3) is 4.02. The molecular weight excluding hydrogens is 393 g/mol. The summed E-state index contributed by atoms with van der Waals surface area (Å²) in [6.07, 6.45) is 0. The van der Waals surface area contributed by atoms with Crippen molar-refractivity contribution in [2.45, 2.75) is 13.5 Å². The molecule has 1 amide bonds. The molecule has 4 aromatic rings. The Labute approximate surface area is 169 Å². The van der Waals surface area contributed by atoms with Crippen molar-refractivity contribution >= 4 is 27.9 Å². The number of aromatic nitrogens is 2. The van der Waals surface area contributed by atoms with Crippen molar-refractivity contribution in [2.75, 3.05) is 5.32 Å². The van der Waals surface area contributed by atoms with Crippen LogP contribution in [0.25, 0.3) is 4.96 Å². The zero-order chi connectivity index (χ0) is 20.4. The van der Waals surface area contributed by atoms with Gasteiger partial charge in [-0.2, -0.15) is 0 Å². The van der Waals surface area contributed by atoms with Crippen molar-refractivity contribution in [3.8, 4) is 5.75 Å². The molecule has 0 bridgehead atoms. The second-order valence-electron chi connectivity index (χ2n) is 6.33. The molecular formula is C21H16FN3O3S. The average Bonchev–Trinajstić information content (AvgIpc) is 3.09. The lowest BCUT2D eigenvalue weighted by Gasteiger charge is -2.12. The summed E-state index contributed by atoms with van der Waals surface area (Å²) in [5.41, 5.74) is 1.96. The molecule has 0 aliphatic rings. The number of hydrogen-bond donors (Lipinski definition) is 1. The summed E-state index contributed by atoms with van der Waals surface area (Å²) in [7, 11) is 0. The summed E-state index contributed by atoms with van der Waals surface area (Å²) in [4.78, 5) is 29.7. The van der Waals surface area contributed by atoms with Crippen LogP contribution in [0.5, 0.6) is 5.75 Å². The predicted octanol–water partition coefficient (Wildman–Crippen LogP) is 4.03. The Morgan fingerprint density at radius 1 is 1.21 bits per heavy atom. The minimum Gasteiger partial charge on any atom is -0.485 e. The van der Waals surface area contributed by atoms with E-state index in [0.717, 1.165) is 5.69 Å². The molecule has 6 nitrogen and oxygen atoms in total. The number of nitrogens with zero attached hydrogens (tertiary/aromatic N) is 2. The smallest absolute Gasteiger partial charge is 0.259 e. The van der Waals surface area contributed by atoms with Gasteiger partial charge in [0.2, 0.25) is 0 Å². The Hall–Kier alpha value is -3.52. The van der Waals surface area contributed by atoms with Gasteiger partial charge >= 0.3 is 0 Å². The molecule has 0 aliphatic heterocycles. The van der Waals surface area contributed by atoms with E-state index in [9.17, 15) is 14.0 Å². The topological polar surface area (TPSA) is 72.7 Å². The van der Waals surface area contributed by atoms with Gasteiger partial charge in [0.05, 0.1) is 11.4 Å². The van der Waals surface area contributed by atoms with E-state index in [0.29, 0.717) is 27.7 Å². The van der Waals surface area contributed by atoms with E-state index in [1.165, 1.54) is 41.7 Å². The van der Waals surface area contributed by atoms with Gasteiger partial charge < -0.3 is 10.1 Å². The first-order valence-corrected chi connectivity index (χ1v) is 9.65. The van der Waals surface area contributed by atoms with Crippen LogP contribution in [0.4, 0.5) is 10.1 Å². The second kappa shape index (κ2) is 7.84. The molecule has 0 aliphatic carbocycles. The average molecular weight is 409 g/mol. The highest BCUT2D eigenvalue weighted by molar-refractivity contribution is 7.15. The first-order chi connectivity index (χ1) is 14.0. The molecule has 1 N–H and O–H groups in total. The van der Waals surface area contributed by atoms with Crippen LogP contribution in [0.1, 0.15) is 21.7 Å². The zero-order valence-electron chi connectivity index (χ0n) is 15.4. The normalized spacial score (nSPS) is 10.8. The van der Waals surface area contributed by atoms with Gasteiger partial charge in [0.15, 0.2) is 4.96 Å². The summed E-state index contributed by atoms with van der Waals surface area (Å²) < 4.78 is 20.4. The largest absolute Gasteiger partial charge is 0.485 e. The van der Waals surface area contributed by atoms with Crippen LogP contribution in [0.15, 0.2) is 64.8 Å². The van der Waals surface area contributed by atoms with Gasteiger partial charge in [-0.25, -0.2) is 9.37 Å². The number of aryl methyl sites for hydroxylation is 1. The molecule has 0 fully saturated rings. The molecule has 0 saturated carbocycles. The van der Waals surface area contributed by atoms with Gasteiger partial charge in [-0.15, -0.1) is 11.3 Å². The van der Waals surface area contributed by atoms with E-state index in [-0.39, 0.29) is 18.1 Å². The van der Waals surface area contributed by atoms with Gasteiger partial charge in [-0.3, -0.25) is 14.0 Å². The van der Waals surface area contributed by atoms with Crippen molar-refractivity contribution in [1.29, 1.82) is 0 Å². The van der Waals surface area contributed by atoms with Crippen molar-refractivity contribution in [3.63, 3.8) is 0 Å². The lowest BCUT2D eigenvalue weighted by Crippen LogP contribution is -2.16. The predicted molar refractivity (Wildman–Crippen MR) is 109 cm³/mol. The highest BCUT2D eigenvalue weighted by Gasteiger charge is 2.11. The fraction of sp³-hybridized carbons (Fsp3) is 0.0952. The highest BCUT2D eigenvalue weighted by atomic mass is 32.1. The first-order valence-electron chi connectivity index (χ1n) is 8.77. The molecule has 0 unspecified atom stereocenters. The lowest BCUT2D eigenvalue weighted by atomic mass is 10.2. The number of rotatable bonds is 5. The van der Waals surface area contributed by atoms with Gasteiger partial charge in [0, 0.05) is 22.7 Å². The Morgan fingerprint density at radius 3 is 2.76 bits per heavy atom. The molecule has 2 aromatic heterocycles. The highest BCUT2D eigenvalue weighted by Crippen LogP contribution is 2.25. The van der Waals surface area contributed by atoms with Crippen LogP contribution >= 0.6 is 11.3 Å². The lowest BCUT2D eigenvalue weighted by molar-refractivity contribution is 0.102. The van der Waals surface area contributed by atoms with E-state index in [2.05, 4.69) is 10.3 Å². The van der Waals surface area contributed by atoms with Gasteiger partial charge in [-0.05, 0) is 43.3 Å². The fourth-order valence-corrected chi connectivity index (χ4v) is 3.71. The number of fused-ring (bicyclic) bond motifs is 1. The van der Waals surface area contributed by atoms with Crippen LogP contribution in [0, 0.1) is 12.7 Å². The van der Waals surface area contributed by atoms with Gasteiger partial charge in [0.25, 0.3) is 11.5 Å². The van der Waals surface area contributed by atoms with E-state index < -0.39 is 5.82 Å². The van der Waals surface area contributed by atoms with Crippen LogP contribution in [0.3, 0.4) is 0 Å². The summed E-state index contributed by atoms with van der Waals surface area (Å²) >= 11 is 1.39. The second-order valence-corrected chi connectivity index (χ2v) is 7.16. The van der Waals surface area contributed by atoms with E-state index in [1.807, 2.05) is 12.3 Å². The molecule has 2 heterocycles. The van der Waals surface area contributed by atoms with Gasteiger partial charge in [-0.1, -0.05) is 12.1 Å². The number of hydrogen-bond acceptors (Lipinski definition) is 5. The number of amides is 1. The number of halogens is 1. The quantitative estimate of drug-likeness (QED) is 0.540. The van der Waals surface area contributed by atoms with E-state index in [4.69, 9.17) is 4.74 Å². The van der Waals surface area contributed by atoms with Crippen LogP contribution in [-0.4, -0.2) is 15.3 Å². The van der Waals surface area contributed by atoms with E-state index in [1.54, 1.807) is 28.7 Å². The number of benzene rings is 2. The number of carbonyl (C=O) groups is 1. The molecule has 2 aromatic carbocycles. The maximum Gasteiger partial charge on any atom is 0.259 e. The molecule has 29 heavy (non-hydrogen) atoms. The number of ether oxygens (including phenoxy) is 1. The Kier molecular flexibility index (Phi) is 5.09. The molecule has 8 heteroatoms. The summed E-state index contributed by atoms with van der Waals surface area (Å²) in [6, 6.07) is 13.6. The monoisotopic (exact) mass is 409 g/mol. The summed E-state index contributed by atoms with van der Waals surface area (Å²) in [5, 5.41) is 4.63. The van der Waals surface area contributed by atoms with Crippen molar-refractivity contribution in [2.24, 2.45) is 0 Å². The standard InChI is InChI=1S/C21H16FN3O3S/c1-13-12-29-21-23-16(10-19(26)25(13)21)11-28-18-5-3-2-4-17(18)24-20(27)14-6-8-15(22)9-7-14/h2-10,12H,11H2,1H3,(H,24,27). The Bertz CT molecular complexity index is 1250. The fourth-order valence-electron chi connectivity index (χ4n) is 2.82. The number of carbonyl (C=O) groups excluding carboxylic acids is 1. The number of thiazole rings is 1. The minimum absolute atomic E-state index is 0.0755. The maximum absolute atomic E-state index is 13.0. The first kappa shape index (κ1) is 18.8.